The zero-order valence-corrected chi connectivity index (χ0v) is 11.9. The van der Waals surface area contributed by atoms with Crippen LogP contribution < -0.4 is 10.6 Å². The first-order chi connectivity index (χ1) is 8.89. The van der Waals surface area contributed by atoms with Gasteiger partial charge in [0, 0.05) is 13.7 Å². The number of carboxylic acid groups (broad SMARTS) is 1. The number of hydrogen-bond acceptors (Lipinski definition) is 3. The lowest BCUT2D eigenvalue weighted by atomic mass is 9.76. The normalized spacial score (nSPS) is 28.5. The molecule has 0 aliphatic heterocycles. The first-order valence-corrected chi connectivity index (χ1v) is 6.72. The number of carboxylic acids is 1. The standard InChI is InChI=1S/C13H24N2O4/c1-9-5-4-6-13(7-9,11(16)17)15-12(18)14-8-10(2)19-3/h9-10H,4-8H2,1-3H3,(H,16,17)(H2,14,15,18). The van der Waals surface area contributed by atoms with Crippen molar-refractivity contribution < 1.29 is 19.4 Å². The van der Waals surface area contributed by atoms with Crippen LogP contribution in [0.1, 0.15) is 39.5 Å². The van der Waals surface area contributed by atoms with Crippen molar-refractivity contribution >= 4 is 12.0 Å². The molecule has 3 unspecified atom stereocenters. The molecule has 3 N–H and O–H groups in total. The molecule has 6 heteroatoms. The van der Waals surface area contributed by atoms with Gasteiger partial charge in [-0.1, -0.05) is 19.8 Å². The average Bonchev–Trinajstić information content (AvgIpc) is 2.35. The van der Waals surface area contributed by atoms with Crippen LogP contribution in [0, 0.1) is 5.92 Å². The summed E-state index contributed by atoms with van der Waals surface area (Å²) in [6.45, 7) is 4.20. The molecule has 0 heterocycles. The largest absolute Gasteiger partial charge is 0.480 e. The Morgan fingerprint density at radius 1 is 1.53 bits per heavy atom. The van der Waals surface area contributed by atoms with Crippen molar-refractivity contribution in [2.75, 3.05) is 13.7 Å². The van der Waals surface area contributed by atoms with Gasteiger partial charge in [-0.25, -0.2) is 9.59 Å². The molecule has 1 aliphatic rings. The lowest BCUT2D eigenvalue weighted by Gasteiger charge is -2.37. The molecule has 0 spiro atoms. The minimum atomic E-state index is -1.13. The van der Waals surface area contributed by atoms with Crippen LogP contribution in [0.4, 0.5) is 4.79 Å². The van der Waals surface area contributed by atoms with Crippen molar-refractivity contribution in [1.29, 1.82) is 0 Å². The van der Waals surface area contributed by atoms with Crippen LogP contribution in [0.15, 0.2) is 0 Å². The highest BCUT2D eigenvalue weighted by molar-refractivity contribution is 5.86. The molecular formula is C13H24N2O4. The highest BCUT2D eigenvalue weighted by atomic mass is 16.5. The highest BCUT2D eigenvalue weighted by Gasteiger charge is 2.43. The van der Waals surface area contributed by atoms with E-state index in [-0.39, 0.29) is 6.10 Å². The summed E-state index contributed by atoms with van der Waals surface area (Å²) in [5.74, 6) is -0.642. The number of aliphatic carboxylic acids is 1. The second-order valence-corrected chi connectivity index (χ2v) is 5.47. The van der Waals surface area contributed by atoms with E-state index in [2.05, 4.69) is 10.6 Å². The molecule has 1 aliphatic carbocycles. The Hall–Kier alpha value is -1.30. The predicted molar refractivity (Wildman–Crippen MR) is 71.0 cm³/mol. The number of ether oxygens (including phenoxy) is 1. The number of rotatable bonds is 5. The van der Waals surface area contributed by atoms with Crippen LogP contribution in [0.25, 0.3) is 0 Å². The number of hydrogen-bond donors (Lipinski definition) is 3. The van der Waals surface area contributed by atoms with E-state index in [4.69, 9.17) is 4.74 Å². The van der Waals surface area contributed by atoms with E-state index >= 15 is 0 Å². The molecule has 0 aromatic carbocycles. The van der Waals surface area contributed by atoms with Crippen molar-refractivity contribution in [2.24, 2.45) is 5.92 Å². The SMILES string of the molecule is COC(C)CNC(=O)NC1(C(=O)O)CCCC(C)C1. The van der Waals surface area contributed by atoms with Gasteiger partial charge in [0.15, 0.2) is 0 Å². The second kappa shape index (κ2) is 6.75. The number of nitrogens with one attached hydrogen (secondary N) is 2. The molecule has 2 amide bonds. The maximum absolute atomic E-state index is 11.8. The van der Waals surface area contributed by atoms with Crippen LogP contribution in [0.3, 0.4) is 0 Å². The van der Waals surface area contributed by atoms with Crippen molar-refractivity contribution in [3.8, 4) is 0 Å². The van der Waals surface area contributed by atoms with E-state index in [1.54, 1.807) is 7.11 Å². The molecule has 3 atom stereocenters. The summed E-state index contributed by atoms with van der Waals surface area (Å²) in [6.07, 6.45) is 2.70. The molecule has 1 rings (SSSR count). The number of urea groups is 1. The molecule has 1 saturated carbocycles. The quantitative estimate of drug-likeness (QED) is 0.705. The lowest BCUT2D eigenvalue weighted by Crippen LogP contribution is -2.59. The highest BCUT2D eigenvalue weighted by Crippen LogP contribution is 2.32. The number of amides is 2. The molecule has 19 heavy (non-hydrogen) atoms. The van der Waals surface area contributed by atoms with E-state index in [0.717, 1.165) is 12.8 Å². The summed E-state index contributed by atoms with van der Waals surface area (Å²) in [5.41, 5.74) is -1.13. The van der Waals surface area contributed by atoms with E-state index in [0.29, 0.717) is 25.3 Å². The van der Waals surface area contributed by atoms with Crippen molar-refractivity contribution in [1.82, 2.24) is 10.6 Å². The van der Waals surface area contributed by atoms with Gasteiger partial charge in [-0.3, -0.25) is 0 Å². The van der Waals surface area contributed by atoms with Gasteiger partial charge in [-0.2, -0.15) is 0 Å². The van der Waals surface area contributed by atoms with Crippen molar-refractivity contribution in [3.63, 3.8) is 0 Å². The van der Waals surface area contributed by atoms with E-state index in [1.165, 1.54) is 0 Å². The first-order valence-electron chi connectivity index (χ1n) is 6.72. The van der Waals surface area contributed by atoms with Crippen LogP contribution in [0.5, 0.6) is 0 Å². The van der Waals surface area contributed by atoms with Gasteiger partial charge >= 0.3 is 12.0 Å². The number of carbonyl (C=O) groups is 2. The third-order valence-electron chi connectivity index (χ3n) is 3.71. The van der Waals surface area contributed by atoms with Gasteiger partial charge in [0.05, 0.1) is 6.10 Å². The fourth-order valence-corrected chi connectivity index (χ4v) is 2.49. The summed E-state index contributed by atoms with van der Waals surface area (Å²) >= 11 is 0. The minimum Gasteiger partial charge on any atom is -0.480 e. The molecular weight excluding hydrogens is 248 g/mol. The molecule has 0 aromatic rings. The smallest absolute Gasteiger partial charge is 0.329 e. The molecule has 1 fully saturated rings. The van der Waals surface area contributed by atoms with Crippen LogP contribution in [-0.2, 0) is 9.53 Å². The van der Waals surface area contributed by atoms with E-state index in [9.17, 15) is 14.7 Å². The monoisotopic (exact) mass is 272 g/mol. The molecule has 0 saturated heterocycles. The van der Waals surface area contributed by atoms with Crippen LogP contribution >= 0.6 is 0 Å². The number of methoxy groups -OCH3 is 1. The molecule has 0 bridgehead atoms. The maximum Gasteiger partial charge on any atom is 0.329 e. The third kappa shape index (κ3) is 4.38. The summed E-state index contributed by atoms with van der Waals surface area (Å²) in [4.78, 5) is 23.3. The van der Waals surface area contributed by atoms with Gasteiger partial charge in [-0.05, 0) is 25.7 Å². The molecule has 6 nitrogen and oxygen atoms in total. The topological polar surface area (TPSA) is 87.7 Å². The maximum atomic E-state index is 11.8. The van der Waals surface area contributed by atoms with Gasteiger partial charge in [0.25, 0.3) is 0 Å². The lowest BCUT2D eigenvalue weighted by molar-refractivity contribution is -0.146. The van der Waals surface area contributed by atoms with Gasteiger partial charge < -0.3 is 20.5 Å². The summed E-state index contributed by atoms with van der Waals surface area (Å²) in [7, 11) is 1.56. The van der Waals surface area contributed by atoms with Crippen LogP contribution in [0.2, 0.25) is 0 Å². The van der Waals surface area contributed by atoms with Gasteiger partial charge in [-0.15, -0.1) is 0 Å². The minimum absolute atomic E-state index is 0.100. The van der Waals surface area contributed by atoms with E-state index in [1.807, 2.05) is 13.8 Å². The summed E-state index contributed by atoms with van der Waals surface area (Å²) < 4.78 is 5.02. The van der Waals surface area contributed by atoms with E-state index < -0.39 is 17.5 Å². The predicted octanol–water partition coefficient (Wildman–Crippen LogP) is 1.35. The zero-order chi connectivity index (χ0) is 14.5. The fourth-order valence-electron chi connectivity index (χ4n) is 2.49. The van der Waals surface area contributed by atoms with Gasteiger partial charge in [0.1, 0.15) is 5.54 Å². The number of carbonyl (C=O) groups excluding carboxylic acids is 1. The van der Waals surface area contributed by atoms with Crippen molar-refractivity contribution in [2.45, 2.75) is 51.2 Å². The Bertz CT molecular complexity index is 335. The molecule has 0 radical (unpaired) electrons. The third-order valence-corrected chi connectivity index (χ3v) is 3.71. The Morgan fingerprint density at radius 2 is 2.21 bits per heavy atom. The average molecular weight is 272 g/mol. The van der Waals surface area contributed by atoms with Gasteiger partial charge in [0.2, 0.25) is 0 Å². The Labute approximate surface area is 113 Å². The summed E-state index contributed by atoms with van der Waals surface area (Å²) in [6, 6.07) is -0.444. The summed E-state index contributed by atoms with van der Waals surface area (Å²) in [5, 5.41) is 14.7. The molecule has 0 aromatic heterocycles. The van der Waals surface area contributed by atoms with Crippen molar-refractivity contribution in [3.05, 3.63) is 0 Å². The fraction of sp³-hybridized carbons (Fsp3) is 0.846. The van der Waals surface area contributed by atoms with Crippen LogP contribution in [-0.4, -0.2) is 42.4 Å². The first kappa shape index (κ1) is 15.8. The Morgan fingerprint density at radius 3 is 2.74 bits per heavy atom. The molecule has 110 valence electrons. The Kier molecular flexibility index (Phi) is 5.60. The second-order valence-electron chi connectivity index (χ2n) is 5.47. The Balaban J connectivity index is 2.58. The zero-order valence-electron chi connectivity index (χ0n) is 11.9.